The molecular formula is C14H19NO3. The van der Waals surface area contributed by atoms with Crippen LogP contribution in [-0.4, -0.2) is 41.7 Å². The average molecular weight is 249 g/mol. The van der Waals surface area contributed by atoms with Gasteiger partial charge in [-0.15, -0.1) is 0 Å². The van der Waals surface area contributed by atoms with E-state index in [1.54, 1.807) is 4.90 Å². The first-order valence-electron chi connectivity index (χ1n) is 6.31. The van der Waals surface area contributed by atoms with E-state index in [0.29, 0.717) is 0 Å². The van der Waals surface area contributed by atoms with E-state index >= 15 is 0 Å². The van der Waals surface area contributed by atoms with E-state index in [2.05, 4.69) is 0 Å². The van der Waals surface area contributed by atoms with Crippen LogP contribution in [-0.2, 0) is 4.79 Å². The number of carbonyl (C=O) groups excluding carboxylic acids is 1. The fourth-order valence-corrected chi connectivity index (χ4v) is 2.29. The van der Waals surface area contributed by atoms with Crippen molar-refractivity contribution in [2.24, 2.45) is 0 Å². The Morgan fingerprint density at radius 3 is 3.00 bits per heavy atom. The summed E-state index contributed by atoms with van der Waals surface area (Å²) in [4.78, 5) is 13.7. The number of ether oxygens (including phenoxy) is 1. The number of aliphatic hydroxyl groups excluding tert-OH is 1. The van der Waals surface area contributed by atoms with E-state index in [1.807, 2.05) is 31.2 Å². The summed E-state index contributed by atoms with van der Waals surface area (Å²) in [5.41, 5.74) is 1.02. The minimum Gasteiger partial charge on any atom is -0.484 e. The molecule has 0 aromatic heterocycles. The van der Waals surface area contributed by atoms with Gasteiger partial charge in [0.2, 0.25) is 0 Å². The Morgan fingerprint density at radius 1 is 1.50 bits per heavy atom. The second-order valence-corrected chi connectivity index (χ2v) is 4.62. The summed E-state index contributed by atoms with van der Waals surface area (Å²) in [6.45, 7) is 2.75. The first kappa shape index (κ1) is 12.9. The highest BCUT2D eigenvalue weighted by Crippen LogP contribution is 2.19. The smallest absolute Gasteiger partial charge is 0.260 e. The van der Waals surface area contributed by atoms with Crippen LogP contribution in [0.5, 0.6) is 5.75 Å². The highest BCUT2D eigenvalue weighted by Gasteiger charge is 2.28. The number of hydrogen-bond acceptors (Lipinski definition) is 3. The molecule has 0 spiro atoms. The van der Waals surface area contributed by atoms with Gasteiger partial charge in [-0.25, -0.2) is 0 Å². The van der Waals surface area contributed by atoms with E-state index in [9.17, 15) is 9.90 Å². The second-order valence-electron chi connectivity index (χ2n) is 4.62. The number of aliphatic hydroxyl groups is 1. The number of nitrogens with zero attached hydrogens (tertiary/aromatic N) is 1. The van der Waals surface area contributed by atoms with Crippen molar-refractivity contribution in [1.82, 2.24) is 4.90 Å². The Kier molecular flexibility index (Phi) is 4.20. The summed E-state index contributed by atoms with van der Waals surface area (Å²) in [5, 5.41) is 9.18. The van der Waals surface area contributed by atoms with Crippen LogP contribution in [0.4, 0.5) is 0 Å². The summed E-state index contributed by atoms with van der Waals surface area (Å²) in [6.07, 6.45) is 1.84. The van der Waals surface area contributed by atoms with Crippen LogP contribution in [0, 0.1) is 6.92 Å². The maximum Gasteiger partial charge on any atom is 0.260 e. The summed E-state index contributed by atoms with van der Waals surface area (Å²) in [7, 11) is 0. The summed E-state index contributed by atoms with van der Waals surface area (Å²) < 4.78 is 5.53. The maximum absolute atomic E-state index is 12.0. The van der Waals surface area contributed by atoms with Gasteiger partial charge in [0.05, 0.1) is 12.6 Å². The molecule has 1 fully saturated rings. The standard InChI is InChI=1S/C14H19NO3/c1-11-5-2-3-7-13(11)18-10-14(17)15-8-4-6-12(15)9-16/h2-3,5,7,12,16H,4,6,8-10H2,1H3/t12-/m0/s1. The highest BCUT2D eigenvalue weighted by molar-refractivity contribution is 5.78. The van der Waals surface area contributed by atoms with E-state index < -0.39 is 0 Å². The maximum atomic E-state index is 12.0. The molecule has 1 amide bonds. The van der Waals surface area contributed by atoms with Gasteiger partial charge in [-0.1, -0.05) is 18.2 Å². The molecule has 4 nitrogen and oxygen atoms in total. The first-order chi connectivity index (χ1) is 8.72. The summed E-state index contributed by atoms with van der Waals surface area (Å²) >= 11 is 0. The van der Waals surface area contributed by atoms with Crippen molar-refractivity contribution in [3.63, 3.8) is 0 Å². The molecule has 0 bridgehead atoms. The third-order valence-electron chi connectivity index (χ3n) is 3.35. The molecule has 1 atom stereocenters. The zero-order valence-electron chi connectivity index (χ0n) is 10.6. The first-order valence-corrected chi connectivity index (χ1v) is 6.31. The van der Waals surface area contributed by atoms with Crippen LogP contribution in [0.15, 0.2) is 24.3 Å². The van der Waals surface area contributed by atoms with Crippen molar-refractivity contribution < 1.29 is 14.6 Å². The largest absolute Gasteiger partial charge is 0.484 e. The monoisotopic (exact) mass is 249 g/mol. The number of hydrogen-bond donors (Lipinski definition) is 1. The minimum absolute atomic E-state index is 0.0297. The third-order valence-corrected chi connectivity index (χ3v) is 3.35. The number of aryl methyl sites for hydroxylation is 1. The molecule has 2 rings (SSSR count). The average Bonchev–Trinajstić information content (AvgIpc) is 2.86. The van der Waals surface area contributed by atoms with Crippen LogP contribution >= 0.6 is 0 Å². The fourth-order valence-electron chi connectivity index (χ4n) is 2.29. The lowest BCUT2D eigenvalue weighted by atomic mass is 10.2. The molecular weight excluding hydrogens is 230 g/mol. The summed E-state index contributed by atoms with van der Waals surface area (Å²) in [6, 6.07) is 7.60. The molecule has 1 aliphatic heterocycles. The van der Waals surface area contributed by atoms with Crippen molar-refractivity contribution in [1.29, 1.82) is 0 Å². The van der Waals surface area contributed by atoms with Gasteiger partial charge in [0.1, 0.15) is 5.75 Å². The summed E-state index contributed by atoms with van der Waals surface area (Å²) in [5.74, 6) is 0.695. The molecule has 0 aliphatic carbocycles. The highest BCUT2D eigenvalue weighted by atomic mass is 16.5. The SMILES string of the molecule is Cc1ccccc1OCC(=O)N1CCC[C@H]1CO. The van der Waals surface area contributed by atoms with Gasteiger partial charge in [0, 0.05) is 6.54 Å². The number of benzene rings is 1. The minimum atomic E-state index is -0.0465. The Morgan fingerprint density at radius 2 is 2.28 bits per heavy atom. The molecule has 1 aromatic rings. The topological polar surface area (TPSA) is 49.8 Å². The molecule has 4 heteroatoms. The second kappa shape index (κ2) is 5.87. The molecule has 0 saturated carbocycles. The number of rotatable bonds is 4. The van der Waals surface area contributed by atoms with Crippen LogP contribution in [0.1, 0.15) is 18.4 Å². The quantitative estimate of drug-likeness (QED) is 0.876. The molecule has 0 radical (unpaired) electrons. The predicted molar refractivity (Wildman–Crippen MR) is 68.5 cm³/mol. The zero-order chi connectivity index (χ0) is 13.0. The molecule has 1 N–H and O–H groups in total. The van der Waals surface area contributed by atoms with Crippen LogP contribution in [0.3, 0.4) is 0 Å². The van der Waals surface area contributed by atoms with Crippen molar-refractivity contribution >= 4 is 5.91 Å². The Bertz CT molecular complexity index is 419. The van der Waals surface area contributed by atoms with Crippen molar-refractivity contribution in [3.05, 3.63) is 29.8 Å². The predicted octanol–water partition coefficient (Wildman–Crippen LogP) is 1.36. The Balaban J connectivity index is 1.90. The van der Waals surface area contributed by atoms with Gasteiger partial charge in [0.15, 0.2) is 6.61 Å². The van der Waals surface area contributed by atoms with Gasteiger partial charge in [-0.3, -0.25) is 4.79 Å². The lowest BCUT2D eigenvalue weighted by Gasteiger charge is -2.23. The van der Waals surface area contributed by atoms with E-state index in [4.69, 9.17) is 4.74 Å². The van der Waals surface area contributed by atoms with E-state index in [0.717, 1.165) is 30.7 Å². The fraction of sp³-hybridized carbons (Fsp3) is 0.500. The van der Waals surface area contributed by atoms with Gasteiger partial charge in [0.25, 0.3) is 5.91 Å². The Hall–Kier alpha value is -1.55. The number of likely N-dealkylation sites (tertiary alicyclic amines) is 1. The molecule has 1 aliphatic rings. The number of para-hydroxylation sites is 1. The molecule has 1 saturated heterocycles. The molecule has 18 heavy (non-hydrogen) atoms. The third kappa shape index (κ3) is 2.82. The van der Waals surface area contributed by atoms with E-state index in [-0.39, 0.29) is 25.2 Å². The van der Waals surface area contributed by atoms with Crippen molar-refractivity contribution in [2.45, 2.75) is 25.8 Å². The number of amides is 1. The number of carbonyl (C=O) groups is 1. The van der Waals surface area contributed by atoms with E-state index in [1.165, 1.54) is 0 Å². The van der Waals surface area contributed by atoms with Gasteiger partial charge in [-0.2, -0.15) is 0 Å². The Labute approximate surface area is 107 Å². The van der Waals surface area contributed by atoms with Crippen LogP contribution < -0.4 is 4.74 Å². The molecule has 98 valence electrons. The van der Waals surface area contributed by atoms with Crippen molar-refractivity contribution in [2.75, 3.05) is 19.8 Å². The van der Waals surface area contributed by atoms with Crippen LogP contribution in [0.25, 0.3) is 0 Å². The molecule has 1 heterocycles. The molecule has 0 unspecified atom stereocenters. The van der Waals surface area contributed by atoms with Gasteiger partial charge < -0.3 is 14.7 Å². The van der Waals surface area contributed by atoms with Crippen LogP contribution in [0.2, 0.25) is 0 Å². The lowest BCUT2D eigenvalue weighted by Crippen LogP contribution is -2.40. The van der Waals surface area contributed by atoms with Gasteiger partial charge in [-0.05, 0) is 31.4 Å². The normalized spacial score (nSPS) is 19.0. The van der Waals surface area contributed by atoms with Crippen molar-refractivity contribution in [3.8, 4) is 5.75 Å². The lowest BCUT2D eigenvalue weighted by molar-refractivity contribution is -0.134. The molecule has 1 aromatic carbocycles. The van der Waals surface area contributed by atoms with Gasteiger partial charge >= 0.3 is 0 Å². The zero-order valence-corrected chi connectivity index (χ0v) is 10.6.